The Morgan fingerprint density at radius 1 is 1.30 bits per heavy atom. The van der Waals surface area contributed by atoms with E-state index in [2.05, 4.69) is 81.5 Å². The summed E-state index contributed by atoms with van der Waals surface area (Å²) in [5, 5.41) is 3.97. The van der Waals surface area contributed by atoms with Crippen LogP contribution in [0.1, 0.15) is 38.3 Å². The van der Waals surface area contributed by atoms with E-state index in [0.29, 0.717) is 0 Å². The van der Waals surface area contributed by atoms with Gasteiger partial charge >= 0.3 is 0 Å². The fraction of sp³-hybridized carbons (Fsp3) is 0.519. The van der Waals surface area contributed by atoms with Crippen LogP contribution in [0.15, 0.2) is 47.6 Å². The Hall–Kier alpha value is -1.82. The van der Waals surface area contributed by atoms with Crippen molar-refractivity contribution in [3.63, 3.8) is 0 Å². The predicted molar refractivity (Wildman–Crippen MR) is 144 cm³/mol. The smallest absolute Gasteiger partial charge is 0.147 e. The van der Waals surface area contributed by atoms with Crippen molar-refractivity contribution in [2.75, 3.05) is 13.4 Å². The minimum atomic E-state index is -1.14. The number of benzene rings is 1. The summed E-state index contributed by atoms with van der Waals surface area (Å²) in [5.74, 6) is 0. The van der Waals surface area contributed by atoms with Gasteiger partial charge in [0.25, 0.3) is 0 Å². The maximum Gasteiger partial charge on any atom is 0.147 e. The lowest BCUT2D eigenvalue weighted by atomic mass is 9.58. The number of ether oxygens (including phenoxy) is 2. The summed E-state index contributed by atoms with van der Waals surface area (Å²) in [4.78, 5) is 8.20. The van der Waals surface area contributed by atoms with Gasteiger partial charge in [0.05, 0.1) is 17.3 Å². The highest BCUT2D eigenvalue weighted by molar-refractivity contribution is 7.78. The molecule has 2 aliphatic rings. The van der Waals surface area contributed by atoms with Crippen LogP contribution in [-0.2, 0) is 14.9 Å². The van der Waals surface area contributed by atoms with E-state index < -0.39 is 13.5 Å². The van der Waals surface area contributed by atoms with Crippen LogP contribution in [0.3, 0.4) is 0 Å². The molecule has 0 saturated heterocycles. The first-order valence-corrected chi connectivity index (χ1v) is 15.9. The second-order valence-electron chi connectivity index (χ2n) is 11.3. The first-order chi connectivity index (χ1) is 15.5. The van der Waals surface area contributed by atoms with Crippen molar-refractivity contribution in [1.29, 1.82) is 0 Å². The van der Waals surface area contributed by atoms with E-state index in [4.69, 9.17) is 26.7 Å². The highest BCUT2D eigenvalue weighted by Gasteiger charge is 2.52. The molecule has 1 aromatic heterocycles. The van der Waals surface area contributed by atoms with Gasteiger partial charge in [0.1, 0.15) is 6.79 Å². The van der Waals surface area contributed by atoms with Crippen LogP contribution < -0.4 is 0 Å². The fourth-order valence-corrected chi connectivity index (χ4v) is 6.32. The Balaban J connectivity index is 1.74. The van der Waals surface area contributed by atoms with Crippen molar-refractivity contribution < 1.29 is 9.47 Å². The summed E-state index contributed by atoms with van der Waals surface area (Å²) >= 11 is 5.13. The molecule has 0 fully saturated rings. The molecule has 1 N–H and O–H groups in total. The predicted octanol–water partition coefficient (Wildman–Crippen LogP) is 6.98. The molecule has 0 aliphatic heterocycles. The maximum absolute atomic E-state index is 6.42. The number of nitrogens with zero attached hydrogens (tertiary/aromatic N) is 1. The summed E-state index contributed by atoms with van der Waals surface area (Å²) in [6, 6.07) is 7.43. The van der Waals surface area contributed by atoms with E-state index in [1.54, 1.807) is 0 Å². The van der Waals surface area contributed by atoms with Crippen LogP contribution in [0.25, 0.3) is 16.5 Å². The van der Waals surface area contributed by atoms with Crippen molar-refractivity contribution in [2.24, 2.45) is 10.4 Å². The third-order valence-electron chi connectivity index (χ3n) is 7.67. The third kappa shape index (κ3) is 4.13. The molecule has 0 unspecified atom stereocenters. The molecule has 4 rings (SSSR count). The van der Waals surface area contributed by atoms with Crippen LogP contribution in [-0.4, -0.2) is 43.8 Å². The second kappa shape index (κ2) is 8.75. The minimum Gasteiger partial charge on any atom is -0.361 e. The van der Waals surface area contributed by atoms with Gasteiger partial charge < -0.3 is 14.5 Å². The van der Waals surface area contributed by atoms with Crippen LogP contribution in [0.5, 0.6) is 0 Å². The van der Waals surface area contributed by atoms with Gasteiger partial charge in [-0.15, -0.1) is 6.58 Å². The molecule has 0 bridgehead atoms. The van der Waals surface area contributed by atoms with Gasteiger partial charge in [-0.25, -0.2) is 4.99 Å². The number of aromatic amines is 1. The number of hydrogen-bond acceptors (Lipinski definition) is 4. The number of rotatable bonds is 8. The molecule has 3 atom stereocenters. The van der Waals surface area contributed by atoms with Crippen LogP contribution in [0, 0.1) is 5.41 Å². The van der Waals surface area contributed by atoms with Gasteiger partial charge in [0.2, 0.25) is 0 Å². The molecule has 2 aliphatic carbocycles. The number of thiocarbonyl (C=S) groups is 1. The second-order valence-corrected chi connectivity index (χ2v) is 17.1. The SMILES string of the molecule is C=C[C@]1(C)[C@H](N=C=S)C2=C(C[C@H]1OCOCC[Si](C)(C)C)C(C)(C)c1cccc3[nH]cc2c13. The molecule has 4 nitrogen and oxygen atoms in total. The van der Waals surface area contributed by atoms with Gasteiger partial charge in [-0.1, -0.05) is 64.2 Å². The van der Waals surface area contributed by atoms with Crippen molar-refractivity contribution in [1.82, 2.24) is 4.98 Å². The standard InChI is InChI=1S/C27H36N2O2SSi/c1-8-27(4)22(31-17-30-12-13-33(5,6)7)14-20-24(25(27)29-16-32)18-15-28-21-11-9-10-19(23(18)21)26(20,2)3/h8-11,15,22,25,28H,1,12-14,17H2,2-7H3/t22-,25-,27+/m1/s1. The van der Waals surface area contributed by atoms with E-state index in [1.165, 1.54) is 27.7 Å². The normalized spacial score (nSPS) is 26.1. The molecule has 0 amide bonds. The molecule has 0 radical (unpaired) electrons. The lowest BCUT2D eigenvalue weighted by Gasteiger charge is -2.49. The molecular weight excluding hydrogens is 444 g/mol. The van der Waals surface area contributed by atoms with Crippen molar-refractivity contribution in [3.05, 3.63) is 53.8 Å². The number of fused-ring (bicyclic) bond motifs is 1. The summed E-state index contributed by atoms with van der Waals surface area (Å²) in [6.07, 6.45) is 4.79. The molecule has 176 valence electrons. The maximum atomic E-state index is 6.42. The lowest BCUT2D eigenvalue weighted by Crippen LogP contribution is -2.49. The summed E-state index contributed by atoms with van der Waals surface area (Å²) < 4.78 is 12.3. The Morgan fingerprint density at radius 2 is 2.06 bits per heavy atom. The van der Waals surface area contributed by atoms with Crippen LogP contribution in [0.4, 0.5) is 0 Å². The molecule has 2 aromatic rings. The van der Waals surface area contributed by atoms with Gasteiger partial charge in [-0.3, -0.25) is 0 Å². The first-order valence-electron chi connectivity index (χ1n) is 11.8. The number of isothiocyanates is 1. The Labute approximate surface area is 204 Å². The van der Waals surface area contributed by atoms with Crippen molar-refractivity contribution in [3.8, 4) is 0 Å². The van der Waals surface area contributed by atoms with E-state index in [1.807, 2.05) is 6.08 Å². The quantitative estimate of drug-likeness (QED) is 0.111. The van der Waals surface area contributed by atoms with Crippen LogP contribution >= 0.6 is 12.2 Å². The summed E-state index contributed by atoms with van der Waals surface area (Å²) in [5.41, 5.74) is 5.72. The molecule has 1 aromatic carbocycles. The highest BCUT2D eigenvalue weighted by Crippen LogP contribution is 2.56. The zero-order valence-electron chi connectivity index (χ0n) is 20.7. The van der Waals surface area contributed by atoms with Gasteiger partial charge in [0.15, 0.2) is 0 Å². The number of hydrogen-bond donors (Lipinski definition) is 1. The third-order valence-corrected chi connectivity index (χ3v) is 9.47. The average molecular weight is 481 g/mol. The van der Waals surface area contributed by atoms with E-state index in [9.17, 15) is 0 Å². The van der Waals surface area contributed by atoms with E-state index >= 15 is 0 Å². The lowest BCUT2D eigenvalue weighted by molar-refractivity contribution is -0.119. The van der Waals surface area contributed by atoms with Gasteiger partial charge in [-0.05, 0) is 41.9 Å². The molecule has 1 heterocycles. The number of H-pyrrole nitrogens is 1. The topological polar surface area (TPSA) is 46.6 Å². The van der Waals surface area contributed by atoms with Crippen molar-refractivity contribution >= 4 is 41.9 Å². The minimum absolute atomic E-state index is 0.114. The number of aromatic nitrogens is 1. The zero-order chi connectivity index (χ0) is 24.0. The molecule has 6 heteroatoms. The molecule has 33 heavy (non-hydrogen) atoms. The monoisotopic (exact) mass is 480 g/mol. The number of aliphatic imine (C=N–C) groups is 1. The largest absolute Gasteiger partial charge is 0.361 e. The Bertz CT molecular complexity index is 1150. The zero-order valence-corrected chi connectivity index (χ0v) is 22.6. The first kappa shape index (κ1) is 24.3. The molecule has 0 spiro atoms. The molecular formula is C27H36N2O2SSi. The average Bonchev–Trinajstić information content (AvgIpc) is 3.18. The van der Waals surface area contributed by atoms with Crippen molar-refractivity contribution in [2.45, 2.75) is 70.4 Å². The summed E-state index contributed by atoms with van der Waals surface area (Å²) in [7, 11) is -1.14. The Kier molecular flexibility index (Phi) is 6.45. The summed E-state index contributed by atoms with van der Waals surface area (Å²) in [6.45, 7) is 19.1. The van der Waals surface area contributed by atoms with Gasteiger partial charge in [0, 0.05) is 48.2 Å². The Morgan fingerprint density at radius 3 is 2.73 bits per heavy atom. The molecule has 0 saturated carbocycles. The highest BCUT2D eigenvalue weighted by atomic mass is 32.1. The van der Waals surface area contributed by atoms with Crippen LogP contribution in [0.2, 0.25) is 25.7 Å². The van der Waals surface area contributed by atoms with E-state index in [0.717, 1.165) is 24.6 Å². The fourth-order valence-electron chi connectivity index (χ4n) is 5.46. The number of nitrogens with one attached hydrogen (secondary N) is 1. The van der Waals surface area contributed by atoms with Gasteiger partial charge in [-0.2, -0.15) is 0 Å². The van der Waals surface area contributed by atoms with E-state index in [-0.39, 0.29) is 24.4 Å².